The topological polar surface area (TPSA) is 95.5 Å². The highest BCUT2D eigenvalue weighted by Crippen LogP contribution is 2.38. The zero-order valence-corrected chi connectivity index (χ0v) is 17.8. The van der Waals surface area contributed by atoms with E-state index in [4.69, 9.17) is 18.9 Å². The zero-order valence-electron chi connectivity index (χ0n) is 17.8. The smallest absolute Gasteiger partial charge is 0.343 e. The molecule has 3 aromatic rings. The molecule has 8 nitrogen and oxygen atoms in total. The Labute approximate surface area is 185 Å². The van der Waals surface area contributed by atoms with Crippen molar-refractivity contribution in [2.75, 3.05) is 21.3 Å². The maximum atomic E-state index is 12.4. The molecule has 0 heterocycles. The van der Waals surface area contributed by atoms with Gasteiger partial charge >= 0.3 is 5.97 Å². The number of nitrogens with zero attached hydrogens (tertiary/aromatic N) is 1. The van der Waals surface area contributed by atoms with Crippen LogP contribution in [0.15, 0.2) is 71.8 Å². The number of hydrogen-bond donors (Lipinski definition) is 1. The number of carbonyl (C=O) groups excluding carboxylic acids is 2. The number of amides is 1. The second-order valence-electron chi connectivity index (χ2n) is 6.44. The predicted octanol–water partition coefficient (Wildman–Crippen LogP) is 3.70. The molecule has 0 bridgehead atoms. The summed E-state index contributed by atoms with van der Waals surface area (Å²) in [4.78, 5) is 24.5. The van der Waals surface area contributed by atoms with Crippen LogP contribution in [0.4, 0.5) is 0 Å². The van der Waals surface area contributed by atoms with Gasteiger partial charge < -0.3 is 18.9 Å². The lowest BCUT2D eigenvalue weighted by atomic mass is 10.1. The summed E-state index contributed by atoms with van der Waals surface area (Å²) in [5, 5.41) is 3.96. The van der Waals surface area contributed by atoms with Crippen molar-refractivity contribution in [3.05, 3.63) is 83.4 Å². The Bertz CT molecular complexity index is 1090. The maximum absolute atomic E-state index is 12.4. The summed E-state index contributed by atoms with van der Waals surface area (Å²) in [6.07, 6.45) is 1.47. The number of carbonyl (C=O) groups is 2. The molecule has 0 saturated carbocycles. The molecule has 164 valence electrons. The molecule has 3 aromatic carbocycles. The minimum atomic E-state index is -0.450. The first-order valence-electron chi connectivity index (χ1n) is 9.56. The second kappa shape index (κ2) is 10.6. The van der Waals surface area contributed by atoms with Crippen molar-refractivity contribution in [1.29, 1.82) is 0 Å². The minimum Gasteiger partial charge on any atom is -0.493 e. The van der Waals surface area contributed by atoms with E-state index >= 15 is 0 Å². The fourth-order valence-electron chi connectivity index (χ4n) is 2.80. The van der Waals surface area contributed by atoms with Gasteiger partial charge in [0, 0.05) is 5.56 Å². The van der Waals surface area contributed by atoms with Crippen molar-refractivity contribution in [2.24, 2.45) is 5.10 Å². The molecule has 0 saturated heterocycles. The molecule has 0 aliphatic heterocycles. The molecule has 0 aliphatic rings. The van der Waals surface area contributed by atoms with Crippen LogP contribution in [0.5, 0.6) is 23.0 Å². The zero-order chi connectivity index (χ0) is 22.9. The summed E-state index contributed by atoms with van der Waals surface area (Å²) < 4.78 is 21.1. The standard InChI is InChI=1S/C24H22N2O6/c1-29-20-13-18(14-21(30-2)22(20)31-3)23(27)26-25-15-16-9-11-19(12-10-16)32-24(28)17-7-5-4-6-8-17/h4-15H,1-3H3,(H,26,27)/b25-15+. The summed E-state index contributed by atoms with van der Waals surface area (Å²) in [6, 6.07) is 18.5. The molecule has 32 heavy (non-hydrogen) atoms. The van der Waals surface area contributed by atoms with Crippen LogP contribution in [0.1, 0.15) is 26.3 Å². The van der Waals surface area contributed by atoms with Gasteiger partial charge in [-0.2, -0.15) is 5.10 Å². The van der Waals surface area contributed by atoms with Crippen molar-refractivity contribution < 1.29 is 28.5 Å². The number of nitrogens with one attached hydrogen (secondary N) is 1. The lowest BCUT2D eigenvalue weighted by Crippen LogP contribution is -2.18. The van der Waals surface area contributed by atoms with E-state index in [-0.39, 0.29) is 0 Å². The number of hydrazone groups is 1. The third kappa shape index (κ3) is 5.42. The fourth-order valence-corrected chi connectivity index (χ4v) is 2.80. The van der Waals surface area contributed by atoms with Gasteiger partial charge in [0.15, 0.2) is 11.5 Å². The molecular weight excluding hydrogens is 412 g/mol. The second-order valence-corrected chi connectivity index (χ2v) is 6.44. The first-order valence-corrected chi connectivity index (χ1v) is 9.56. The maximum Gasteiger partial charge on any atom is 0.343 e. The SMILES string of the molecule is COc1cc(C(=O)N/N=C/c2ccc(OC(=O)c3ccccc3)cc2)cc(OC)c1OC. The molecule has 8 heteroatoms. The third-order valence-electron chi connectivity index (χ3n) is 4.41. The molecule has 1 N–H and O–H groups in total. The monoisotopic (exact) mass is 434 g/mol. The van der Waals surface area contributed by atoms with Crippen molar-refractivity contribution in [2.45, 2.75) is 0 Å². The van der Waals surface area contributed by atoms with E-state index in [9.17, 15) is 9.59 Å². The predicted molar refractivity (Wildman–Crippen MR) is 119 cm³/mol. The fraction of sp³-hybridized carbons (Fsp3) is 0.125. The van der Waals surface area contributed by atoms with Gasteiger partial charge in [0.05, 0.1) is 33.1 Å². The quantitative estimate of drug-likeness (QED) is 0.251. The molecule has 0 unspecified atom stereocenters. The van der Waals surface area contributed by atoms with Gasteiger partial charge in [-0.05, 0) is 54.1 Å². The Morgan fingerprint density at radius 1 is 0.812 bits per heavy atom. The summed E-state index contributed by atoms with van der Waals surface area (Å²) >= 11 is 0. The molecule has 0 aliphatic carbocycles. The van der Waals surface area contributed by atoms with Crippen LogP contribution in [0.2, 0.25) is 0 Å². The Hall–Kier alpha value is -4.33. The molecule has 0 fully saturated rings. The van der Waals surface area contributed by atoms with Crippen LogP contribution in [0.25, 0.3) is 0 Å². The first kappa shape index (κ1) is 22.4. The average molecular weight is 434 g/mol. The number of rotatable bonds is 8. The third-order valence-corrected chi connectivity index (χ3v) is 4.41. The van der Waals surface area contributed by atoms with Gasteiger partial charge in [-0.15, -0.1) is 0 Å². The number of hydrogen-bond acceptors (Lipinski definition) is 7. The van der Waals surface area contributed by atoms with E-state index in [2.05, 4.69) is 10.5 Å². The Balaban J connectivity index is 1.62. The van der Waals surface area contributed by atoms with E-state index in [1.165, 1.54) is 39.7 Å². The molecule has 0 atom stereocenters. The highest BCUT2D eigenvalue weighted by molar-refractivity contribution is 5.96. The molecule has 0 radical (unpaired) electrons. The molecular formula is C24H22N2O6. The number of methoxy groups -OCH3 is 3. The normalized spacial score (nSPS) is 10.5. The van der Waals surface area contributed by atoms with Gasteiger partial charge in [-0.1, -0.05) is 18.2 Å². The highest BCUT2D eigenvalue weighted by Gasteiger charge is 2.16. The van der Waals surface area contributed by atoms with Gasteiger partial charge in [0.2, 0.25) is 5.75 Å². The van der Waals surface area contributed by atoms with Crippen LogP contribution in [-0.4, -0.2) is 39.4 Å². The van der Waals surface area contributed by atoms with Gasteiger partial charge in [0.1, 0.15) is 5.75 Å². The molecule has 0 aromatic heterocycles. The summed E-state index contributed by atoms with van der Waals surface area (Å²) in [7, 11) is 4.42. The lowest BCUT2D eigenvalue weighted by Gasteiger charge is -2.13. The Morgan fingerprint density at radius 3 is 2.00 bits per heavy atom. The minimum absolute atomic E-state index is 0.292. The number of ether oxygens (including phenoxy) is 4. The van der Waals surface area contributed by atoms with Crippen molar-refractivity contribution in [1.82, 2.24) is 5.43 Å². The van der Waals surface area contributed by atoms with Gasteiger partial charge in [0.25, 0.3) is 5.91 Å². The van der Waals surface area contributed by atoms with Crippen molar-refractivity contribution in [3.8, 4) is 23.0 Å². The largest absolute Gasteiger partial charge is 0.493 e. The Morgan fingerprint density at radius 2 is 1.44 bits per heavy atom. The molecule has 1 amide bonds. The molecule has 3 rings (SSSR count). The van der Waals surface area contributed by atoms with Crippen LogP contribution in [0, 0.1) is 0 Å². The van der Waals surface area contributed by atoms with Crippen molar-refractivity contribution in [3.63, 3.8) is 0 Å². The van der Waals surface area contributed by atoms with Crippen LogP contribution in [0.3, 0.4) is 0 Å². The number of esters is 1. The van der Waals surface area contributed by atoms with Crippen LogP contribution < -0.4 is 24.4 Å². The van der Waals surface area contributed by atoms with E-state index in [0.717, 1.165) is 0 Å². The highest BCUT2D eigenvalue weighted by atomic mass is 16.5. The summed E-state index contributed by atoms with van der Waals surface area (Å²) in [6.45, 7) is 0. The number of benzene rings is 3. The Kier molecular flexibility index (Phi) is 7.42. The van der Waals surface area contributed by atoms with Crippen molar-refractivity contribution >= 4 is 18.1 Å². The van der Waals surface area contributed by atoms with Gasteiger partial charge in [-0.25, -0.2) is 10.2 Å². The van der Waals surface area contributed by atoms with Gasteiger partial charge in [-0.3, -0.25) is 4.79 Å². The van der Waals surface area contributed by atoms with Crippen LogP contribution in [-0.2, 0) is 0 Å². The van der Waals surface area contributed by atoms with E-state index < -0.39 is 11.9 Å². The van der Waals surface area contributed by atoms with E-state index in [1.807, 2.05) is 6.07 Å². The first-order chi connectivity index (χ1) is 15.5. The van der Waals surface area contributed by atoms with E-state index in [1.54, 1.807) is 48.5 Å². The average Bonchev–Trinajstić information content (AvgIpc) is 2.84. The lowest BCUT2D eigenvalue weighted by molar-refractivity contribution is 0.0734. The van der Waals surface area contributed by atoms with Crippen LogP contribution >= 0.6 is 0 Å². The molecule has 0 spiro atoms. The summed E-state index contributed by atoms with van der Waals surface area (Å²) in [5.41, 5.74) is 3.91. The summed E-state index contributed by atoms with van der Waals surface area (Å²) in [5.74, 6) is 0.627. The van der Waals surface area contributed by atoms with E-state index in [0.29, 0.717) is 39.7 Å².